The van der Waals surface area contributed by atoms with E-state index in [4.69, 9.17) is 0 Å². The van der Waals surface area contributed by atoms with Crippen LogP contribution in [0.2, 0.25) is 0 Å². The maximum absolute atomic E-state index is 11.9. The van der Waals surface area contributed by atoms with Crippen LogP contribution >= 0.6 is 12.6 Å². The quantitative estimate of drug-likeness (QED) is 0.602. The number of nitrogens with one attached hydrogen (secondary N) is 1. The van der Waals surface area contributed by atoms with Gasteiger partial charge in [-0.1, -0.05) is 12.1 Å². The normalized spacial score (nSPS) is 19.2. The maximum atomic E-state index is 11.9. The number of carbonyl (C=O) groups excluding carboxylic acids is 3. The van der Waals surface area contributed by atoms with Gasteiger partial charge in [0.2, 0.25) is 5.91 Å². The molecule has 0 aromatic heterocycles. The van der Waals surface area contributed by atoms with Crippen molar-refractivity contribution in [2.75, 3.05) is 7.05 Å². The number of imide groups is 1. The fraction of sp³-hybridized carbons (Fsp3) is 0.250. The molecular formula is C12H12N2O3S. The van der Waals surface area contributed by atoms with Crippen molar-refractivity contribution in [1.82, 2.24) is 10.2 Å². The Balaban J connectivity index is 2.12. The minimum atomic E-state index is -0.775. The van der Waals surface area contributed by atoms with Crippen LogP contribution in [0.4, 0.5) is 0 Å². The summed E-state index contributed by atoms with van der Waals surface area (Å²) >= 11 is 4.17. The smallest absolute Gasteiger partial charge is 0.253 e. The highest BCUT2D eigenvalue weighted by atomic mass is 32.1. The third kappa shape index (κ3) is 2.24. The van der Waals surface area contributed by atoms with E-state index in [0.717, 1.165) is 4.90 Å². The van der Waals surface area contributed by atoms with E-state index >= 15 is 0 Å². The highest BCUT2D eigenvalue weighted by Crippen LogP contribution is 2.15. The fourth-order valence-corrected chi connectivity index (χ4v) is 2.03. The molecule has 94 valence electrons. The molecule has 2 rings (SSSR count). The molecule has 18 heavy (non-hydrogen) atoms. The lowest BCUT2D eigenvalue weighted by Gasteiger charge is -2.11. The van der Waals surface area contributed by atoms with E-state index in [1.165, 1.54) is 7.05 Å². The maximum Gasteiger partial charge on any atom is 0.253 e. The molecule has 1 unspecified atom stereocenters. The summed E-state index contributed by atoms with van der Waals surface area (Å²) in [4.78, 5) is 36.4. The zero-order chi connectivity index (χ0) is 13.3. The summed E-state index contributed by atoms with van der Waals surface area (Å²) in [5.41, 5.74) is 0.385. The van der Waals surface area contributed by atoms with Crippen LogP contribution in [0.5, 0.6) is 0 Å². The van der Waals surface area contributed by atoms with Crippen molar-refractivity contribution >= 4 is 30.4 Å². The monoisotopic (exact) mass is 264 g/mol. The lowest BCUT2D eigenvalue weighted by Crippen LogP contribution is -2.40. The van der Waals surface area contributed by atoms with E-state index in [0.29, 0.717) is 10.5 Å². The van der Waals surface area contributed by atoms with E-state index in [9.17, 15) is 14.4 Å². The summed E-state index contributed by atoms with van der Waals surface area (Å²) in [6.45, 7) is 0. The van der Waals surface area contributed by atoms with Crippen LogP contribution in [0.3, 0.4) is 0 Å². The predicted molar refractivity (Wildman–Crippen MR) is 67.3 cm³/mol. The number of likely N-dealkylation sites (tertiary alicyclic amines) is 1. The van der Waals surface area contributed by atoms with Crippen LogP contribution in [-0.4, -0.2) is 35.7 Å². The third-order valence-corrected chi connectivity index (χ3v) is 3.23. The number of rotatable bonds is 2. The Kier molecular flexibility index (Phi) is 3.38. The van der Waals surface area contributed by atoms with E-state index in [1.54, 1.807) is 24.3 Å². The summed E-state index contributed by atoms with van der Waals surface area (Å²) in [6.07, 6.45) is 0.00973. The van der Waals surface area contributed by atoms with Gasteiger partial charge in [0, 0.05) is 11.9 Å². The number of carbonyl (C=O) groups is 3. The van der Waals surface area contributed by atoms with Gasteiger partial charge in [-0.2, -0.15) is 0 Å². The number of amides is 3. The molecule has 0 radical (unpaired) electrons. The van der Waals surface area contributed by atoms with Gasteiger partial charge in [0.1, 0.15) is 6.04 Å². The van der Waals surface area contributed by atoms with Gasteiger partial charge in [0.15, 0.2) is 0 Å². The summed E-state index contributed by atoms with van der Waals surface area (Å²) in [7, 11) is 1.41. The second kappa shape index (κ2) is 4.81. The zero-order valence-electron chi connectivity index (χ0n) is 9.71. The fourth-order valence-electron chi connectivity index (χ4n) is 1.77. The first kappa shape index (κ1) is 12.6. The van der Waals surface area contributed by atoms with Gasteiger partial charge >= 0.3 is 0 Å². The Morgan fingerprint density at radius 1 is 1.39 bits per heavy atom. The summed E-state index contributed by atoms with van der Waals surface area (Å²) in [5.74, 6) is -1.07. The van der Waals surface area contributed by atoms with Gasteiger partial charge in [-0.25, -0.2) is 0 Å². The Morgan fingerprint density at radius 2 is 2.06 bits per heavy atom. The Bertz CT molecular complexity index is 530. The Hall–Kier alpha value is -1.82. The first-order valence-electron chi connectivity index (χ1n) is 5.40. The first-order chi connectivity index (χ1) is 8.50. The zero-order valence-corrected chi connectivity index (χ0v) is 10.6. The Morgan fingerprint density at radius 3 is 2.61 bits per heavy atom. The van der Waals surface area contributed by atoms with Gasteiger partial charge in [-0.3, -0.25) is 19.3 Å². The summed E-state index contributed by atoms with van der Waals surface area (Å²) in [5, 5.41) is 2.55. The van der Waals surface area contributed by atoms with Crippen molar-refractivity contribution in [2.24, 2.45) is 0 Å². The minimum absolute atomic E-state index is 0.00973. The Labute approximate surface area is 110 Å². The molecule has 1 fully saturated rings. The molecule has 5 nitrogen and oxygen atoms in total. The summed E-state index contributed by atoms with van der Waals surface area (Å²) in [6, 6.07) is 6.00. The molecule has 1 saturated heterocycles. The average molecular weight is 264 g/mol. The van der Waals surface area contributed by atoms with Gasteiger partial charge in [0.05, 0.1) is 12.0 Å². The first-order valence-corrected chi connectivity index (χ1v) is 5.84. The highest BCUT2D eigenvalue weighted by molar-refractivity contribution is 7.80. The van der Waals surface area contributed by atoms with Crippen molar-refractivity contribution in [3.05, 3.63) is 29.8 Å². The molecule has 0 bridgehead atoms. The molecule has 6 heteroatoms. The molecule has 1 aromatic rings. The van der Waals surface area contributed by atoms with E-state index < -0.39 is 11.9 Å². The lowest BCUT2D eigenvalue weighted by atomic mass is 10.2. The van der Waals surface area contributed by atoms with Crippen LogP contribution in [0.1, 0.15) is 16.8 Å². The predicted octanol–water partition coefficient (Wildman–Crippen LogP) is 0.462. The van der Waals surface area contributed by atoms with Crippen molar-refractivity contribution in [2.45, 2.75) is 17.4 Å². The molecule has 0 saturated carbocycles. The number of nitrogens with zero attached hydrogens (tertiary/aromatic N) is 1. The number of thiol groups is 1. The van der Waals surface area contributed by atoms with E-state index in [2.05, 4.69) is 17.9 Å². The van der Waals surface area contributed by atoms with Crippen molar-refractivity contribution < 1.29 is 14.4 Å². The molecule has 3 amide bonds. The second-order valence-electron chi connectivity index (χ2n) is 4.04. The molecule has 1 atom stereocenters. The standard InChI is InChI=1S/C12H12N2O3S/c1-14-10(15)6-8(12(14)17)13-11(16)7-4-2-3-5-9(7)18/h2-5,8,18H,6H2,1H3,(H,13,16). The van der Waals surface area contributed by atoms with Crippen LogP contribution in [0.15, 0.2) is 29.2 Å². The van der Waals surface area contributed by atoms with Gasteiger partial charge in [0.25, 0.3) is 11.8 Å². The lowest BCUT2D eigenvalue weighted by molar-refractivity contribution is -0.137. The molecule has 1 aromatic carbocycles. The van der Waals surface area contributed by atoms with Crippen LogP contribution in [0.25, 0.3) is 0 Å². The number of hydrogen-bond acceptors (Lipinski definition) is 4. The van der Waals surface area contributed by atoms with Crippen LogP contribution in [-0.2, 0) is 9.59 Å². The number of hydrogen-bond donors (Lipinski definition) is 2. The number of likely N-dealkylation sites (N-methyl/N-ethyl adjacent to an activating group) is 1. The van der Waals surface area contributed by atoms with E-state index in [1.807, 2.05) is 0 Å². The second-order valence-corrected chi connectivity index (χ2v) is 4.52. The molecule has 1 aliphatic heterocycles. The molecule has 0 aliphatic carbocycles. The average Bonchev–Trinajstić information content (AvgIpc) is 2.57. The minimum Gasteiger partial charge on any atom is -0.340 e. The molecule has 1 heterocycles. The van der Waals surface area contributed by atoms with Crippen molar-refractivity contribution in [3.8, 4) is 0 Å². The number of benzene rings is 1. The van der Waals surface area contributed by atoms with Crippen molar-refractivity contribution in [3.63, 3.8) is 0 Å². The summed E-state index contributed by atoms with van der Waals surface area (Å²) < 4.78 is 0. The molecule has 1 aliphatic rings. The largest absolute Gasteiger partial charge is 0.340 e. The SMILES string of the molecule is CN1C(=O)CC(NC(=O)c2ccccc2S)C1=O. The molecule has 1 N–H and O–H groups in total. The topological polar surface area (TPSA) is 66.5 Å². The third-order valence-electron chi connectivity index (χ3n) is 2.84. The highest BCUT2D eigenvalue weighted by Gasteiger charge is 2.37. The van der Waals surface area contributed by atoms with E-state index in [-0.39, 0.29) is 18.2 Å². The van der Waals surface area contributed by atoms with Crippen LogP contribution in [0, 0.1) is 0 Å². The van der Waals surface area contributed by atoms with Crippen LogP contribution < -0.4 is 5.32 Å². The molecule has 0 spiro atoms. The van der Waals surface area contributed by atoms with Gasteiger partial charge in [-0.05, 0) is 12.1 Å². The van der Waals surface area contributed by atoms with Crippen molar-refractivity contribution in [1.29, 1.82) is 0 Å². The molecular weight excluding hydrogens is 252 g/mol. The van der Waals surface area contributed by atoms with Gasteiger partial charge in [-0.15, -0.1) is 12.6 Å². The van der Waals surface area contributed by atoms with Gasteiger partial charge < -0.3 is 5.32 Å².